The Bertz CT molecular complexity index is 1210. The smallest absolute Gasteiger partial charge is 0.249 e. The highest BCUT2D eigenvalue weighted by atomic mass is 19.1. The van der Waals surface area contributed by atoms with Crippen LogP contribution in [0.1, 0.15) is 55.0 Å². The lowest BCUT2D eigenvalue weighted by atomic mass is 9.81. The molecule has 0 N–H and O–H groups in total. The number of hydroxylamine groups is 2. The summed E-state index contributed by atoms with van der Waals surface area (Å²) in [7, 11) is 0. The number of fused-ring (bicyclic) bond motifs is 1. The minimum absolute atomic E-state index is 0.0323. The maximum absolute atomic E-state index is 14.1. The van der Waals surface area contributed by atoms with Gasteiger partial charge in [0.1, 0.15) is 11.9 Å². The van der Waals surface area contributed by atoms with Crippen molar-refractivity contribution in [1.82, 2.24) is 19.8 Å². The maximum Gasteiger partial charge on any atom is 0.249 e. The van der Waals surface area contributed by atoms with E-state index in [0.717, 1.165) is 48.7 Å². The number of carbonyl (C=O) groups is 1. The lowest BCUT2D eigenvalue weighted by molar-refractivity contribution is -0.183. The summed E-state index contributed by atoms with van der Waals surface area (Å²) in [5, 5.41) is 15.8. The normalized spacial score (nSPS) is 23.1. The van der Waals surface area contributed by atoms with Crippen molar-refractivity contribution in [3.8, 4) is 6.07 Å². The molecule has 33 heavy (non-hydrogen) atoms. The fourth-order valence-corrected chi connectivity index (χ4v) is 5.01. The van der Waals surface area contributed by atoms with Crippen LogP contribution >= 0.6 is 0 Å². The highest BCUT2D eigenvalue weighted by Crippen LogP contribution is 2.36. The van der Waals surface area contributed by atoms with E-state index in [4.69, 9.17) is 10.1 Å². The Morgan fingerprint density at radius 1 is 1.21 bits per heavy atom. The number of nitrogens with zero attached hydrogens (tertiary/aromatic N) is 5. The average molecular weight is 448 g/mol. The van der Waals surface area contributed by atoms with Crippen LogP contribution in [0.4, 0.5) is 4.39 Å². The molecule has 1 aliphatic carbocycles. The Hall–Kier alpha value is -3.31. The van der Waals surface area contributed by atoms with Crippen LogP contribution in [0.25, 0.3) is 10.9 Å². The van der Waals surface area contributed by atoms with E-state index in [1.54, 1.807) is 17.3 Å². The van der Waals surface area contributed by atoms with Crippen molar-refractivity contribution in [2.45, 2.75) is 51.6 Å². The van der Waals surface area contributed by atoms with Crippen molar-refractivity contribution < 1.29 is 14.0 Å². The van der Waals surface area contributed by atoms with E-state index in [1.165, 1.54) is 6.07 Å². The van der Waals surface area contributed by atoms with Gasteiger partial charge in [0.2, 0.25) is 5.91 Å². The van der Waals surface area contributed by atoms with Gasteiger partial charge in [0.05, 0.1) is 29.9 Å². The first-order valence-corrected chi connectivity index (χ1v) is 11.5. The third-order valence-corrected chi connectivity index (χ3v) is 6.92. The van der Waals surface area contributed by atoms with Gasteiger partial charge in [0, 0.05) is 42.2 Å². The Labute approximate surface area is 191 Å². The standard InChI is InChI=1S/C25H26FN5O2/c1-16-2-5-19(13-28-16)23-8-9-33-31(23)25(32)18-6-3-17(4-7-18)15-30-24-11-22(26)20(12-27)10-21(24)14-29-30/h2,5,10-11,13-14,17-18,23H,3-4,6-9,15H2,1H3/t17-,18-,23-/m0/s1. The summed E-state index contributed by atoms with van der Waals surface area (Å²) in [6, 6.07) is 8.71. The Morgan fingerprint density at radius 3 is 2.76 bits per heavy atom. The van der Waals surface area contributed by atoms with Crippen LogP contribution < -0.4 is 0 Å². The number of pyridine rings is 1. The molecule has 2 aliphatic rings. The number of aryl methyl sites for hydroxylation is 1. The third kappa shape index (κ3) is 4.21. The number of carbonyl (C=O) groups excluding carboxylic acids is 1. The molecule has 7 nitrogen and oxygen atoms in total. The van der Waals surface area contributed by atoms with E-state index < -0.39 is 5.82 Å². The summed E-state index contributed by atoms with van der Waals surface area (Å²) in [4.78, 5) is 23.4. The third-order valence-electron chi connectivity index (χ3n) is 6.92. The molecule has 3 heterocycles. The lowest BCUT2D eigenvalue weighted by Crippen LogP contribution is -2.37. The summed E-state index contributed by atoms with van der Waals surface area (Å²) in [5.74, 6) is -0.144. The van der Waals surface area contributed by atoms with Crippen LogP contribution in [0.5, 0.6) is 0 Å². The topological polar surface area (TPSA) is 84.0 Å². The molecule has 0 radical (unpaired) electrons. The van der Waals surface area contributed by atoms with Crippen molar-refractivity contribution >= 4 is 16.8 Å². The van der Waals surface area contributed by atoms with Crippen LogP contribution in [-0.2, 0) is 16.2 Å². The van der Waals surface area contributed by atoms with Gasteiger partial charge < -0.3 is 0 Å². The maximum atomic E-state index is 14.1. The molecular formula is C25H26FN5O2. The molecule has 3 aromatic rings. The molecule has 0 unspecified atom stereocenters. The SMILES string of the molecule is Cc1ccc([C@@H]2CCON2C(=O)[C@H]2CC[C@H](Cn3ncc4cc(C#N)c(F)cc43)CC2)cn1. The molecular weight excluding hydrogens is 421 g/mol. The molecule has 1 aliphatic heterocycles. The summed E-state index contributed by atoms with van der Waals surface area (Å²) >= 11 is 0. The molecule has 8 heteroatoms. The lowest BCUT2D eigenvalue weighted by Gasteiger charge is -2.32. The predicted molar refractivity (Wildman–Crippen MR) is 119 cm³/mol. The molecule has 0 bridgehead atoms. The van der Waals surface area contributed by atoms with E-state index in [-0.39, 0.29) is 23.4 Å². The molecule has 0 spiro atoms. The summed E-state index contributed by atoms with van der Waals surface area (Å²) in [6.07, 6.45) is 7.70. The highest BCUT2D eigenvalue weighted by Gasteiger charge is 2.37. The molecule has 1 amide bonds. The molecule has 1 saturated heterocycles. The number of hydrogen-bond acceptors (Lipinski definition) is 5. The fourth-order valence-electron chi connectivity index (χ4n) is 5.01. The minimum Gasteiger partial charge on any atom is -0.272 e. The van der Waals surface area contributed by atoms with Gasteiger partial charge in [0.25, 0.3) is 0 Å². The zero-order valence-electron chi connectivity index (χ0n) is 18.6. The fraction of sp³-hybridized carbons (Fsp3) is 0.440. The predicted octanol–water partition coefficient (Wildman–Crippen LogP) is 4.46. The molecule has 170 valence electrons. The first kappa shape index (κ1) is 21.5. The average Bonchev–Trinajstić information content (AvgIpc) is 3.47. The van der Waals surface area contributed by atoms with Crippen molar-refractivity contribution in [3.05, 3.63) is 59.3 Å². The van der Waals surface area contributed by atoms with E-state index in [0.29, 0.717) is 24.6 Å². The van der Waals surface area contributed by atoms with Gasteiger partial charge in [-0.3, -0.25) is 19.3 Å². The molecule has 1 saturated carbocycles. The number of aromatic nitrogens is 3. The number of amides is 1. The summed E-state index contributed by atoms with van der Waals surface area (Å²) in [5.41, 5.74) is 2.69. The van der Waals surface area contributed by atoms with E-state index in [1.807, 2.05) is 36.0 Å². The van der Waals surface area contributed by atoms with Crippen LogP contribution in [0.3, 0.4) is 0 Å². The Morgan fingerprint density at radius 2 is 2.03 bits per heavy atom. The zero-order chi connectivity index (χ0) is 22.9. The second kappa shape index (κ2) is 8.91. The molecule has 1 atom stereocenters. The van der Waals surface area contributed by atoms with Gasteiger partial charge in [-0.1, -0.05) is 6.07 Å². The van der Waals surface area contributed by atoms with Gasteiger partial charge in [-0.25, -0.2) is 9.45 Å². The number of benzene rings is 1. The largest absolute Gasteiger partial charge is 0.272 e. The molecule has 2 fully saturated rings. The van der Waals surface area contributed by atoms with Gasteiger partial charge >= 0.3 is 0 Å². The highest BCUT2D eigenvalue weighted by molar-refractivity contribution is 5.80. The van der Waals surface area contributed by atoms with Crippen LogP contribution in [0, 0.1) is 35.9 Å². The summed E-state index contributed by atoms with van der Waals surface area (Å²) < 4.78 is 15.9. The molecule has 1 aromatic carbocycles. The van der Waals surface area contributed by atoms with Gasteiger partial charge in [0.15, 0.2) is 0 Å². The molecule has 5 rings (SSSR count). The van der Waals surface area contributed by atoms with E-state index in [2.05, 4.69) is 10.1 Å². The Balaban J connectivity index is 1.22. The van der Waals surface area contributed by atoms with Crippen molar-refractivity contribution in [2.24, 2.45) is 11.8 Å². The number of halogens is 1. The number of rotatable bonds is 4. The monoisotopic (exact) mass is 447 g/mol. The van der Waals surface area contributed by atoms with E-state index >= 15 is 0 Å². The van der Waals surface area contributed by atoms with Crippen LogP contribution in [0.2, 0.25) is 0 Å². The second-order valence-corrected chi connectivity index (χ2v) is 9.08. The minimum atomic E-state index is -0.523. The number of nitriles is 1. The van der Waals surface area contributed by atoms with Gasteiger partial charge in [-0.15, -0.1) is 0 Å². The molecule has 2 aromatic heterocycles. The van der Waals surface area contributed by atoms with Crippen molar-refractivity contribution in [3.63, 3.8) is 0 Å². The van der Waals surface area contributed by atoms with Gasteiger partial charge in [-0.05, 0) is 56.2 Å². The van der Waals surface area contributed by atoms with Crippen molar-refractivity contribution in [2.75, 3.05) is 6.61 Å². The summed E-state index contributed by atoms with van der Waals surface area (Å²) in [6.45, 7) is 3.16. The quantitative estimate of drug-likeness (QED) is 0.590. The Kier molecular flexibility index (Phi) is 5.81. The van der Waals surface area contributed by atoms with Gasteiger partial charge in [-0.2, -0.15) is 10.4 Å². The van der Waals surface area contributed by atoms with Crippen LogP contribution in [0.15, 0.2) is 36.7 Å². The zero-order valence-corrected chi connectivity index (χ0v) is 18.6. The second-order valence-electron chi connectivity index (χ2n) is 9.08. The van der Waals surface area contributed by atoms with Crippen LogP contribution in [-0.4, -0.2) is 32.3 Å². The first-order chi connectivity index (χ1) is 16.0. The van der Waals surface area contributed by atoms with E-state index in [9.17, 15) is 9.18 Å². The first-order valence-electron chi connectivity index (χ1n) is 11.5. The van der Waals surface area contributed by atoms with Crippen molar-refractivity contribution in [1.29, 1.82) is 5.26 Å². The number of hydrogen-bond donors (Lipinski definition) is 0.